The van der Waals surface area contributed by atoms with Crippen molar-refractivity contribution in [2.45, 2.75) is 11.4 Å². The number of carbonyl (C=O) groups excluding carboxylic acids is 2. The van der Waals surface area contributed by atoms with Crippen LogP contribution in [0.2, 0.25) is 0 Å². The van der Waals surface area contributed by atoms with Crippen LogP contribution in [0.3, 0.4) is 0 Å². The van der Waals surface area contributed by atoms with Crippen LogP contribution < -0.4 is 4.90 Å². The van der Waals surface area contributed by atoms with Gasteiger partial charge in [0.05, 0.1) is 12.2 Å². The van der Waals surface area contributed by atoms with Gasteiger partial charge in [-0.15, -0.1) is 11.8 Å². The van der Waals surface area contributed by atoms with E-state index in [0.29, 0.717) is 23.5 Å². The molecule has 0 aliphatic carbocycles. The number of rotatable bonds is 4. The van der Waals surface area contributed by atoms with Gasteiger partial charge in [0.1, 0.15) is 18.2 Å². The van der Waals surface area contributed by atoms with E-state index in [1.54, 1.807) is 24.3 Å². The number of ether oxygens (including phenoxy) is 1. The highest BCUT2D eigenvalue weighted by molar-refractivity contribution is 8.01. The van der Waals surface area contributed by atoms with E-state index in [-0.39, 0.29) is 30.5 Å². The van der Waals surface area contributed by atoms with Crippen molar-refractivity contribution in [2.24, 2.45) is 0 Å². The number of amides is 2. The molecular weight excluding hydrogens is 386 g/mol. The molecule has 1 saturated heterocycles. The summed E-state index contributed by atoms with van der Waals surface area (Å²) in [4.78, 5) is 27.8. The number of para-hydroxylation sites is 1. The molecule has 2 amide bonds. The predicted molar refractivity (Wildman–Crippen MR) is 102 cm³/mol. The Balaban J connectivity index is 1.80. The lowest BCUT2D eigenvalue weighted by Gasteiger charge is -2.33. The molecule has 1 atom stereocenters. The summed E-state index contributed by atoms with van der Waals surface area (Å²) in [7, 11) is 1.42. The SMILES string of the molecule is COCC(=O)N1CCS[C@@]12C(=O)N(Cc1c(F)cccc1F)c1ccccc12. The van der Waals surface area contributed by atoms with E-state index < -0.39 is 16.5 Å². The Kier molecular flexibility index (Phi) is 4.84. The average molecular weight is 404 g/mol. The number of carbonyl (C=O) groups is 2. The lowest BCUT2D eigenvalue weighted by molar-refractivity contribution is -0.143. The number of anilines is 1. The van der Waals surface area contributed by atoms with Crippen LogP contribution in [0.15, 0.2) is 42.5 Å². The maximum atomic E-state index is 14.2. The molecule has 0 bridgehead atoms. The highest BCUT2D eigenvalue weighted by atomic mass is 32.2. The zero-order valence-electron chi connectivity index (χ0n) is 15.2. The Morgan fingerprint density at radius 3 is 2.61 bits per heavy atom. The third-order valence-electron chi connectivity index (χ3n) is 5.05. The first kappa shape index (κ1) is 18.9. The van der Waals surface area contributed by atoms with Gasteiger partial charge in [-0.25, -0.2) is 8.78 Å². The minimum absolute atomic E-state index is 0.139. The van der Waals surface area contributed by atoms with Crippen molar-refractivity contribution in [3.05, 3.63) is 65.2 Å². The lowest BCUT2D eigenvalue weighted by atomic mass is 10.1. The Labute approximate surface area is 165 Å². The fourth-order valence-corrected chi connectivity index (χ4v) is 5.30. The largest absolute Gasteiger partial charge is 0.375 e. The number of fused-ring (bicyclic) bond motifs is 2. The Morgan fingerprint density at radius 1 is 1.18 bits per heavy atom. The van der Waals surface area contributed by atoms with Gasteiger partial charge in [-0.2, -0.15) is 0 Å². The van der Waals surface area contributed by atoms with E-state index in [1.165, 1.54) is 46.9 Å². The van der Waals surface area contributed by atoms with E-state index in [1.807, 2.05) is 0 Å². The van der Waals surface area contributed by atoms with E-state index in [9.17, 15) is 18.4 Å². The number of nitrogens with zero attached hydrogens (tertiary/aromatic N) is 2. The summed E-state index contributed by atoms with van der Waals surface area (Å²) < 4.78 is 33.4. The van der Waals surface area contributed by atoms with Crippen LogP contribution in [0.4, 0.5) is 14.5 Å². The highest BCUT2D eigenvalue weighted by Crippen LogP contribution is 2.54. The van der Waals surface area contributed by atoms with Crippen molar-refractivity contribution in [1.29, 1.82) is 0 Å². The molecule has 2 aromatic rings. The Hall–Kier alpha value is -2.45. The summed E-state index contributed by atoms with van der Waals surface area (Å²) in [5.74, 6) is -1.51. The van der Waals surface area contributed by atoms with Crippen LogP contribution in [0.5, 0.6) is 0 Å². The molecule has 2 aliphatic rings. The molecule has 146 valence electrons. The maximum Gasteiger partial charge on any atom is 0.268 e. The second kappa shape index (κ2) is 7.18. The molecule has 2 heterocycles. The molecular formula is C20H18F2N2O3S. The maximum absolute atomic E-state index is 14.2. The van der Waals surface area contributed by atoms with Crippen molar-refractivity contribution in [1.82, 2.24) is 4.90 Å². The van der Waals surface area contributed by atoms with Crippen molar-refractivity contribution in [3.63, 3.8) is 0 Å². The second-order valence-electron chi connectivity index (χ2n) is 6.58. The molecule has 28 heavy (non-hydrogen) atoms. The Bertz CT molecular complexity index is 935. The highest BCUT2D eigenvalue weighted by Gasteiger charge is 2.59. The van der Waals surface area contributed by atoms with E-state index in [2.05, 4.69) is 0 Å². The summed E-state index contributed by atoms with van der Waals surface area (Å²) in [6.07, 6.45) is 0. The van der Waals surface area contributed by atoms with Gasteiger partial charge in [-0.1, -0.05) is 24.3 Å². The third-order valence-corrected chi connectivity index (χ3v) is 6.47. The molecule has 5 nitrogen and oxygen atoms in total. The molecule has 0 unspecified atom stereocenters. The first-order chi connectivity index (χ1) is 13.5. The number of hydrogen-bond donors (Lipinski definition) is 0. The molecule has 0 aromatic heterocycles. The molecule has 1 fully saturated rings. The van der Waals surface area contributed by atoms with Gasteiger partial charge in [0.25, 0.3) is 5.91 Å². The van der Waals surface area contributed by atoms with Crippen molar-refractivity contribution < 1.29 is 23.1 Å². The third kappa shape index (κ3) is 2.70. The van der Waals surface area contributed by atoms with Crippen LogP contribution in [0.25, 0.3) is 0 Å². The average Bonchev–Trinajstić information content (AvgIpc) is 3.22. The van der Waals surface area contributed by atoms with Crippen LogP contribution in [-0.4, -0.2) is 42.7 Å². The van der Waals surface area contributed by atoms with Gasteiger partial charge in [-0.05, 0) is 18.2 Å². The van der Waals surface area contributed by atoms with Crippen LogP contribution >= 0.6 is 11.8 Å². The zero-order chi connectivity index (χ0) is 19.9. The molecule has 8 heteroatoms. The van der Waals surface area contributed by atoms with Crippen LogP contribution in [0, 0.1) is 11.6 Å². The van der Waals surface area contributed by atoms with Crippen LogP contribution in [0.1, 0.15) is 11.1 Å². The van der Waals surface area contributed by atoms with E-state index >= 15 is 0 Å². The Morgan fingerprint density at radius 2 is 1.89 bits per heavy atom. The van der Waals surface area contributed by atoms with Gasteiger partial charge in [0.15, 0.2) is 4.87 Å². The number of benzene rings is 2. The van der Waals surface area contributed by atoms with Crippen LogP contribution in [-0.2, 0) is 25.7 Å². The summed E-state index contributed by atoms with van der Waals surface area (Å²) in [6, 6.07) is 10.7. The van der Waals surface area contributed by atoms with Crippen molar-refractivity contribution in [3.8, 4) is 0 Å². The molecule has 0 N–H and O–H groups in total. The number of methoxy groups -OCH3 is 1. The predicted octanol–water partition coefficient (Wildman–Crippen LogP) is 2.89. The summed E-state index contributed by atoms with van der Waals surface area (Å²) >= 11 is 1.36. The molecule has 0 saturated carbocycles. The molecule has 1 spiro atoms. The molecule has 0 radical (unpaired) electrons. The van der Waals surface area contributed by atoms with Gasteiger partial charge in [0, 0.05) is 30.5 Å². The zero-order valence-corrected chi connectivity index (χ0v) is 16.0. The quantitative estimate of drug-likeness (QED) is 0.786. The smallest absolute Gasteiger partial charge is 0.268 e. The van der Waals surface area contributed by atoms with Gasteiger partial charge < -0.3 is 14.5 Å². The summed E-state index contributed by atoms with van der Waals surface area (Å²) in [5, 5.41) is 0. The number of halogens is 2. The normalized spacial score (nSPS) is 20.9. The molecule has 2 aliphatic heterocycles. The van der Waals surface area contributed by atoms with Gasteiger partial charge in [0.2, 0.25) is 5.91 Å². The first-order valence-corrected chi connectivity index (χ1v) is 9.77. The summed E-state index contributed by atoms with van der Waals surface area (Å²) in [5.41, 5.74) is 1.03. The number of hydrogen-bond acceptors (Lipinski definition) is 4. The standard InChI is InChI=1S/C20H18F2N2O3S/c1-27-12-18(25)24-9-10-28-20(24)14-5-2-3-8-17(14)23(19(20)26)11-13-15(21)6-4-7-16(13)22/h2-8H,9-12H2,1H3/t20-/m0/s1. The summed E-state index contributed by atoms with van der Waals surface area (Å²) in [6.45, 7) is 0.0114. The van der Waals surface area contributed by atoms with E-state index in [4.69, 9.17) is 4.74 Å². The second-order valence-corrected chi connectivity index (χ2v) is 7.87. The van der Waals surface area contributed by atoms with Gasteiger partial charge >= 0.3 is 0 Å². The molecule has 4 rings (SSSR count). The topological polar surface area (TPSA) is 49.9 Å². The fraction of sp³-hybridized carbons (Fsp3) is 0.300. The monoisotopic (exact) mass is 404 g/mol. The lowest BCUT2D eigenvalue weighted by Crippen LogP contribution is -2.51. The van der Waals surface area contributed by atoms with Gasteiger partial charge in [-0.3, -0.25) is 9.59 Å². The minimum Gasteiger partial charge on any atom is -0.375 e. The van der Waals surface area contributed by atoms with E-state index in [0.717, 1.165) is 0 Å². The van der Waals surface area contributed by atoms with Crippen molar-refractivity contribution in [2.75, 3.05) is 30.9 Å². The molecule has 2 aromatic carbocycles. The number of thioether (sulfide) groups is 1. The minimum atomic E-state index is -1.23. The fourth-order valence-electron chi connectivity index (χ4n) is 3.82. The first-order valence-electron chi connectivity index (χ1n) is 8.78. The van der Waals surface area contributed by atoms with Crippen molar-refractivity contribution >= 4 is 29.3 Å².